The Labute approximate surface area is 88.8 Å². The molecule has 0 aromatic heterocycles. The van der Waals surface area contributed by atoms with Gasteiger partial charge in [0.05, 0.1) is 0 Å². The topological polar surface area (TPSA) is 52.2 Å². The van der Waals surface area contributed by atoms with Gasteiger partial charge in [0, 0.05) is 5.92 Å². The van der Waals surface area contributed by atoms with E-state index in [1.54, 1.807) is 0 Å². The van der Waals surface area contributed by atoms with Crippen LogP contribution < -0.4 is 35.0 Å². The molecule has 0 aromatic carbocycles. The van der Waals surface area contributed by atoms with Crippen LogP contribution in [-0.2, 0) is 4.79 Å². The van der Waals surface area contributed by atoms with Crippen LogP contribution >= 0.6 is 0 Å². The molecule has 1 aliphatic rings. The smallest absolute Gasteiger partial charge is 0.759 e. The van der Waals surface area contributed by atoms with Crippen molar-refractivity contribution in [1.82, 2.24) is 5.48 Å². The van der Waals surface area contributed by atoms with Gasteiger partial charge in [-0.25, -0.2) is 0 Å². The van der Waals surface area contributed by atoms with Gasteiger partial charge in [-0.2, -0.15) is 0 Å². The first-order chi connectivity index (χ1) is 4.84. The van der Waals surface area contributed by atoms with E-state index in [4.69, 9.17) is 0 Å². The molecular formula is C7H12NNaO2. The van der Waals surface area contributed by atoms with Crippen LogP contribution in [0, 0.1) is 11.1 Å². The molecule has 11 heavy (non-hydrogen) atoms. The average molecular weight is 165 g/mol. The molecule has 0 saturated heterocycles. The molecule has 0 heterocycles. The van der Waals surface area contributed by atoms with E-state index >= 15 is 0 Å². The molecule has 1 aliphatic carbocycles. The zero-order valence-electron chi connectivity index (χ0n) is 6.93. The van der Waals surface area contributed by atoms with Crippen LogP contribution in [0.25, 0.3) is 0 Å². The molecular weight excluding hydrogens is 153 g/mol. The predicted octanol–water partition coefficient (Wildman–Crippen LogP) is -1.82. The molecule has 0 aromatic rings. The minimum atomic E-state index is -0.320. The Bertz CT molecular complexity index is 124. The summed E-state index contributed by atoms with van der Waals surface area (Å²) in [5.41, 5.74) is 1.45. The van der Waals surface area contributed by atoms with Crippen LogP contribution in [0.2, 0.25) is 0 Å². The quantitative estimate of drug-likeness (QED) is 0.367. The second kappa shape index (κ2) is 6.00. The summed E-state index contributed by atoms with van der Waals surface area (Å²) in [6.45, 7) is 0. The molecule has 1 rings (SSSR count). The first-order valence-electron chi connectivity index (χ1n) is 3.76. The van der Waals surface area contributed by atoms with Crippen molar-refractivity contribution in [1.29, 1.82) is 0 Å². The normalized spacial score (nSPS) is 18.6. The third kappa shape index (κ3) is 3.56. The van der Waals surface area contributed by atoms with Gasteiger partial charge in [0.25, 0.3) is 0 Å². The van der Waals surface area contributed by atoms with E-state index in [2.05, 4.69) is 0 Å². The van der Waals surface area contributed by atoms with Crippen molar-refractivity contribution < 1.29 is 34.4 Å². The summed E-state index contributed by atoms with van der Waals surface area (Å²) in [4.78, 5) is 10.7. The number of amides is 1. The van der Waals surface area contributed by atoms with Crippen molar-refractivity contribution in [2.24, 2.45) is 5.92 Å². The monoisotopic (exact) mass is 165 g/mol. The van der Waals surface area contributed by atoms with E-state index in [9.17, 15) is 10.0 Å². The first kappa shape index (κ1) is 11.4. The van der Waals surface area contributed by atoms with Gasteiger partial charge in [-0.05, 0) is 12.8 Å². The molecule has 4 heteroatoms. The van der Waals surface area contributed by atoms with E-state index < -0.39 is 0 Å². The summed E-state index contributed by atoms with van der Waals surface area (Å²) < 4.78 is 0. The Balaban J connectivity index is 0.000001000. The van der Waals surface area contributed by atoms with Gasteiger partial charge in [0.1, 0.15) is 0 Å². The number of rotatable bonds is 1. The molecule has 0 bridgehead atoms. The van der Waals surface area contributed by atoms with Gasteiger partial charge in [-0.3, -0.25) is 4.79 Å². The maximum Gasteiger partial charge on any atom is 1.00 e. The number of carbonyl (C=O) groups is 1. The van der Waals surface area contributed by atoms with Crippen molar-refractivity contribution >= 4 is 5.91 Å². The minimum Gasteiger partial charge on any atom is -0.759 e. The molecule has 58 valence electrons. The van der Waals surface area contributed by atoms with Gasteiger partial charge in [0.2, 0.25) is 5.91 Å². The van der Waals surface area contributed by atoms with Crippen LogP contribution in [0.5, 0.6) is 0 Å². The summed E-state index contributed by atoms with van der Waals surface area (Å²) in [6, 6.07) is 0. The van der Waals surface area contributed by atoms with Crippen LogP contribution in [0.4, 0.5) is 0 Å². The van der Waals surface area contributed by atoms with E-state index in [0.717, 1.165) is 25.7 Å². The van der Waals surface area contributed by atoms with E-state index in [0.29, 0.717) is 0 Å². The van der Waals surface area contributed by atoms with Crippen molar-refractivity contribution in [3.63, 3.8) is 0 Å². The van der Waals surface area contributed by atoms with E-state index in [1.165, 1.54) is 11.9 Å². The largest absolute Gasteiger partial charge is 1.00 e. The Morgan fingerprint density at radius 2 is 1.82 bits per heavy atom. The van der Waals surface area contributed by atoms with Crippen molar-refractivity contribution in [2.75, 3.05) is 0 Å². The molecule has 1 N–H and O–H groups in total. The summed E-state index contributed by atoms with van der Waals surface area (Å²) in [6.07, 6.45) is 5.20. The Hall–Kier alpha value is 0.430. The summed E-state index contributed by atoms with van der Waals surface area (Å²) in [5, 5.41) is 9.93. The Morgan fingerprint density at radius 1 is 1.27 bits per heavy atom. The van der Waals surface area contributed by atoms with Crippen LogP contribution in [0.1, 0.15) is 32.1 Å². The fourth-order valence-corrected chi connectivity index (χ4v) is 1.45. The standard InChI is InChI=1S/C7H12NO2.Na/c9-7(8-10)6-4-2-1-3-5-6;/h6H,1-5H2,(H-,8,9,10);/q-1;+1. The van der Waals surface area contributed by atoms with Gasteiger partial charge < -0.3 is 10.7 Å². The van der Waals surface area contributed by atoms with Crippen LogP contribution in [0.3, 0.4) is 0 Å². The summed E-state index contributed by atoms with van der Waals surface area (Å²) in [7, 11) is 0. The first-order valence-corrected chi connectivity index (χ1v) is 3.76. The second-order valence-corrected chi connectivity index (χ2v) is 2.80. The van der Waals surface area contributed by atoms with Gasteiger partial charge in [0.15, 0.2) is 0 Å². The Kier molecular flexibility index (Phi) is 6.24. The molecule has 0 radical (unpaired) electrons. The van der Waals surface area contributed by atoms with Crippen molar-refractivity contribution in [3.05, 3.63) is 5.21 Å². The van der Waals surface area contributed by atoms with E-state index in [-0.39, 0.29) is 41.4 Å². The molecule has 0 atom stereocenters. The zero-order chi connectivity index (χ0) is 7.40. The maximum atomic E-state index is 10.7. The van der Waals surface area contributed by atoms with Crippen molar-refractivity contribution in [3.8, 4) is 0 Å². The predicted molar refractivity (Wildman–Crippen MR) is 38.1 cm³/mol. The number of carbonyl (C=O) groups excluding carboxylic acids is 1. The molecule has 1 amide bonds. The van der Waals surface area contributed by atoms with Crippen LogP contribution in [-0.4, -0.2) is 5.91 Å². The third-order valence-electron chi connectivity index (χ3n) is 2.08. The third-order valence-corrected chi connectivity index (χ3v) is 2.08. The maximum absolute atomic E-state index is 10.7. The molecule has 0 aliphatic heterocycles. The molecule has 0 spiro atoms. The SMILES string of the molecule is O=C(N[O-])C1CCCCC1.[Na+]. The Morgan fingerprint density at radius 3 is 2.27 bits per heavy atom. The number of hydroxylamine groups is 1. The molecule has 3 nitrogen and oxygen atoms in total. The molecule has 1 saturated carbocycles. The van der Waals surface area contributed by atoms with E-state index in [1.807, 2.05) is 0 Å². The number of hydrogen-bond acceptors (Lipinski definition) is 2. The zero-order valence-corrected chi connectivity index (χ0v) is 8.93. The van der Waals surface area contributed by atoms with Gasteiger partial charge >= 0.3 is 29.6 Å². The summed E-state index contributed by atoms with van der Waals surface area (Å²) in [5.74, 6) is -0.314. The van der Waals surface area contributed by atoms with Gasteiger partial charge in [-0.1, -0.05) is 19.3 Å². The fourth-order valence-electron chi connectivity index (χ4n) is 1.45. The van der Waals surface area contributed by atoms with Gasteiger partial charge in [-0.15, -0.1) is 0 Å². The average Bonchev–Trinajstić information content (AvgIpc) is 2.05. The number of hydrogen-bond donors (Lipinski definition) is 1. The molecule has 0 unspecified atom stereocenters. The summed E-state index contributed by atoms with van der Waals surface area (Å²) >= 11 is 0. The fraction of sp³-hybridized carbons (Fsp3) is 0.857. The molecule has 1 fully saturated rings. The number of nitrogens with one attached hydrogen (secondary N) is 1. The second-order valence-electron chi connectivity index (χ2n) is 2.80. The minimum absolute atomic E-state index is 0. The van der Waals surface area contributed by atoms with Crippen LogP contribution in [0.15, 0.2) is 0 Å². The van der Waals surface area contributed by atoms with Crippen molar-refractivity contribution in [2.45, 2.75) is 32.1 Å².